The number of hydrogen-bond donors (Lipinski definition) is 0. The van der Waals surface area contributed by atoms with E-state index in [4.69, 9.17) is 0 Å². The molecule has 0 radical (unpaired) electrons. The highest BCUT2D eigenvalue weighted by molar-refractivity contribution is 5.12. The molecule has 0 bridgehead atoms. The number of rotatable bonds is 6. The molecule has 120 valence electrons. The molecule has 0 aromatic carbocycles. The Hall–Kier alpha value is -1.76. The van der Waals surface area contributed by atoms with Gasteiger partial charge in [-0.15, -0.1) is 5.10 Å². The van der Waals surface area contributed by atoms with E-state index < -0.39 is 0 Å². The maximum absolute atomic E-state index is 4.39. The highest BCUT2D eigenvalue weighted by Crippen LogP contribution is 2.28. The maximum Gasteiger partial charge on any atom is 0.165 e. The number of piperidine rings is 1. The molecular weight excluding hydrogens is 278 g/mol. The van der Waals surface area contributed by atoms with E-state index in [0.29, 0.717) is 5.92 Å². The van der Waals surface area contributed by atoms with Gasteiger partial charge < -0.3 is 0 Å². The molecule has 2 aromatic heterocycles. The summed E-state index contributed by atoms with van der Waals surface area (Å²) in [4.78, 5) is 2.46. The molecule has 22 heavy (non-hydrogen) atoms. The molecule has 0 saturated carbocycles. The maximum atomic E-state index is 4.39. The van der Waals surface area contributed by atoms with E-state index >= 15 is 0 Å². The summed E-state index contributed by atoms with van der Waals surface area (Å²) in [6, 6.07) is 0. The van der Waals surface area contributed by atoms with Crippen LogP contribution in [-0.2, 0) is 19.6 Å². The van der Waals surface area contributed by atoms with Crippen molar-refractivity contribution in [3.05, 3.63) is 23.8 Å². The van der Waals surface area contributed by atoms with E-state index in [1.807, 2.05) is 15.6 Å². The largest absolute Gasteiger partial charge is 0.296 e. The summed E-state index contributed by atoms with van der Waals surface area (Å²) in [5.41, 5.74) is 1.39. The van der Waals surface area contributed by atoms with Crippen LogP contribution in [0.15, 0.2) is 12.4 Å². The molecule has 1 fully saturated rings. The Morgan fingerprint density at radius 1 is 1.23 bits per heavy atom. The van der Waals surface area contributed by atoms with Crippen molar-refractivity contribution in [3.63, 3.8) is 0 Å². The van der Waals surface area contributed by atoms with Gasteiger partial charge in [0, 0.05) is 19.3 Å². The smallest absolute Gasteiger partial charge is 0.165 e. The van der Waals surface area contributed by atoms with Crippen LogP contribution >= 0.6 is 0 Å². The Balaban J connectivity index is 1.54. The first-order valence-corrected chi connectivity index (χ1v) is 8.30. The Labute approximate surface area is 131 Å². The fraction of sp³-hybridized carbons (Fsp3) is 0.733. The van der Waals surface area contributed by atoms with Crippen molar-refractivity contribution in [2.45, 2.75) is 58.7 Å². The SMILES string of the molecule is CCCn1nnnc1CN1CCC(c2cnn(CC)c2)CC1. The van der Waals surface area contributed by atoms with Crippen LogP contribution in [0.5, 0.6) is 0 Å². The molecule has 7 heteroatoms. The minimum Gasteiger partial charge on any atom is -0.296 e. The molecule has 7 nitrogen and oxygen atoms in total. The van der Waals surface area contributed by atoms with Gasteiger partial charge in [0.2, 0.25) is 0 Å². The van der Waals surface area contributed by atoms with Crippen molar-refractivity contribution in [3.8, 4) is 0 Å². The van der Waals surface area contributed by atoms with Crippen molar-refractivity contribution < 1.29 is 0 Å². The number of aryl methyl sites for hydroxylation is 2. The molecule has 1 saturated heterocycles. The van der Waals surface area contributed by atoms with Gasteiger partial charge in [-0.1, -0.05) is 6.92 Å². The van der Waals surface area contributed by atoms with Crippen molar-refractivity contribution in [1.29, 1.82) is 0 Å². The van der Waals surface area contributed by atoms with Crippen LogP contribution in [0, 0.1) is 0 Å². The molecule has 0 unspecified atom stereocenters. The third-order valence-electron chi connectivity index (χ3n) is 4.44. The summed E-state index contributed by atoms with van der Waals surface area (Å²) in [6.07, 6.45) is 7.66. The number of tetrazole rings is 1. The van der Waals surface area contributed by atoms with Gasteiger partial charge in [-0.25, -0.2) is 4.68 Å². The standard InChI is InChI=1S/C15H25N7/c1-3-7-22-15(17-18-19-22)12-20-8-5-13(6-9-20)14-10-16-21(4-2)11-14/h10-11,13H,3-9,12H2,1-2H3. The molecule has 0 aliphatic carbocycles. The van der Waals surface area contributed by atoms with Crippen molar-refractivity contribution >= 4 is 0 Å². The van der Waals surface area contributed by atoms with E-state index in [1.54, 1.807) is 0 Å². The Kier molecular flexibility index (Phi) is 4.82. The van der Waals surface area contributed by atoms with E-state index in [-0.39, 0.29) is 0 Å². The second-order valence-electron chi connectivity index (χ2n) is 6.00. The molecule has 2 aromatic rings. The van der Waals surface area contributed by atoms with Crippen LogP contribution in [0.2, 0.25) is 0 Å². The molecule has 1 aliphatic heterocycles. The Bertz CT molecular complexity index is 580. The van der Waals surface area contributed by atoms with Crippen LogP contribution in [-0.4, -0.2) is 48.0 Å². The first-order chi connectivity index (χ1) is 10.8. The second kappa shape index (κ2) is 7.00. The lowest BCUT2D eigenvalue weighted by Crippen LogP contribution is -2.33. The van der Waals surface area contributed by atoms with Gasteiger partial charge in [0.25, 0.3) is 0 Å². The summed E-state index contributed by atoms with van der Waals surface area (Å²) >= 11 is 0. The minimum absolute atomic E-state index is 0.642. The molecule has 0 amide bonds. The summed E-state index contributed by atoms with van der Waals surface area (Å²) in [5, 5.41) is 16.4. The van der Waals surface area contributed by atoms with Gasteiger partial charge in [0.05, 0.1) is 12.7 Å². The lowest BCUT2D eigenvalue weighted by Gasteiger charge is -2.31. The molecule has 0 atom stereocenters. The van der Waals surface area contributed by atoms with Crippen LogP contribution in [0.3, 0.4) is 0 Å². The molecule has 3 heterocycles. The first kappa shape index (κ1) is 15.1. The topological polar surface area (TPSA) is 64.7 Å². The van der Waals surface area contributed by atoms with Crippen LogP contribution in [0.1, 0.15) is 50.4 Å². The molecule has 0 N–H and O–H groups in total. The molecular formula is C15H25N7. The summed E-state index contributed by atoms with van der Waals surface area (Å²) in [7, 11) is 0. The molecule has 1 aliphatic rings. The van der Waals surface area contributed by atoms with E-state index in [1.165, 1.54) is 18.4 Å². The fourth-order valence-electron chi connectivity index (χ4n) is 3.11. The summed E-state index contributed by atoms with van der Waals surface area (Å²) in [6.45, 7) is 9.16. The Morgan fingerprint density at radius 3 is 2.73 bits per heavy atom. The highest BCUT2D eigenvalue weighted by atomic mass is 15.5. The zero-order valence-corrected chi connectivity index (χ0v) is 13.5. The van der Waals surface area contributed by atoms with E-state index in [9.17, 15) is 0 Å². The lowest BCUT2D eigenvalue weighted by molar-refractivity contribution is 0.197. The van der Waals surface area contributed by atoms with E-state index in [0.717, 1.165) is 45.0 Å². The minimum atomic E-state index is 0.642. The zero-order chi connectivity index (χ0) is 15.4. The third-order valence-corrected chi connectivity index (χ3v) is 4.44. The number of aromatic nitrogens is 6. The first-order valence-electron chi connectivity index (χ1n) is 8.30. The summed E-state index contributed by atoms with van der Waals surface area (Å²) in [5.74, 6) is 1.63. The van der Waals surface area contributed by atoms with Crippen molar-refractivity contribution in [2.24, 2.45) is 0 Å². The fourth-order valence-corrected chi connectivity index (χ4v) is 3.11. The van der Waals surface area contributed by atoms with Crippen LogP contribution in [0.4, 0.5) is 0 Å². The van der Waals surface area contributed by atoms with Crippen LogP contribution in [0.25, 0.3) is 0 Å². The van der Waals surface area contributed by atoms with Gasteiger partial charge in [-0.3, -0.25) is 9.58 Å². The third kappa shape index (κ3) is 3.35. The number of hydrogen-bond acceptors (Lipinski definition) is 5. The molecule has 0 spiro atoms. The van der Waals surface area contributed by atoms with Crippen molar-refractivity contribution in [2.75, 3.05) is 13.1 Å². The average molecular weight is 303 g/mol. The van der Waals surface area contributed by atoms with Gasteiger partial charge in [0.1, 0.15) is 0 Å². The number of likely N-dealkylation sites (tertiary alicyclic amines) is 1. The monoisotopic (exact) mass is 303 g/mol. The lowest BCUT2D eigenvalue weighted by atomic mass is 9.91. The molecule has 3 rings (SSSR count). The number of nitrogens with zero attached hydrogens (tertiary/aromatic N) is 7. The van der Waals surface area contributed by atoms with Gasteiger partial charge in [0.15, 0.2) is 5.82 Å². The normalized spacial score (nSPS) is 17.2. The van der Waals surface area contributed by atoms with Gasteiger partial charge >= 0.3 is 0 Å². The quantitative estimate of drug-likeness (QED) is 0.812. The van der Waals surface area contributed by atoms with Crippen LogP contribution < -0.4 is 0 Å². The van der Waals surface area contributed by atoms with Gasteiger partial charge in [-0.2, -0.15) is 5.10 Å². The highest BCUT2D eigenvalue weighted by Gasteiger charge is 2.23. The van der Waals surface area contributed by atoms with Gasteiger partial charge in [-0.05, 0) is 61.2 Å². The summed E-state index contributed by atoms with van der Waals surface area (Å²) < 4.78 is 3.94. The predicted molar refractivity (Wildman–Crippen MR) is 83.3 cm³/mol. The van der Waals surface area contributed by atoms with E-state index in [2.05, 4.69) is 45.6 Å². The second-order valence-corrected chi connectivity index (χ2v) is 6.00. The average Bonchev–Trinajstić information content (AvgIpc) is 3.18. The Morgan fingerprint density at radius 2 is 2.05 bits per heavy atom. The zero-order valence-electron chi connectivity index (χ0n) is 13.5. The van der Waals surface area contributed by atoms with Crippen molar-refractivity contribution in [1.82, 2.24) is 34.9 Å². The predicted octanol–water partition coefficient (Wildman–Crippen LogP) is 1.68.